The standard InChI is InChI=1S/C25H30N2O2/c1-19-9-11-22(12-10-19)24(28)27-15-5-8-23(18-27)25(29)26-16-13-21(14-17-26)20-6-3-2-4-7-20/h2-4,6-7,9-12,21,23H,5,8,13-18H2,1H3. The van der Waals surface area contributed by atoms with Crippen LogP contribution in [0.2, 0.25) is 0 Å². The number of nitrogens with zero attached hydrogens (tertiary/aromatic N) is 2. The summed E-state index contributed by atoms with van der Waals surface area (Å²) in [5.74, 6) is 0.765. The van der Waals surface area contributed by atoms with Crippen molar-refractivity contribution >= 4 is 11.8 Å². The first-order valence-electron chi connectivity index (χ1n) is 10.8. The number of carbonyl (C=O) groups excluding carboxylic acids is 2. The number of aryl methyl sites for hydroxylation is 1. The second kappa shape index (κ2) is 8.81. The second-order valence-electron chi connectivity index (χ2n) is 8.47. The number of hydrogen-bond donors (Lipinski definition) is 0. The van der Waals surface area contributed by atoms with Gasteiger partial charge >= 0.3 is 0 Å². The molecule has 0 saturated carbocycles. The predicted molar refractivity (Wildman–Crippen MR) is 115 cm³/mol. The van der Waals surface area contributed by atoms with Crippen LogP contribution in [-0.4, -0.2) is 47.8 Å². The van der Waals surface area contributed by atoms with E-state index in [9.17, 15) is 9.59 Å². The third-order valence-electron chi connectivity index (χ3n) is 6.43. The maximum absolute atomic E-state index is 13.1. The van der Waals surface area contributed by atoms with Gasteiger partial charge in [-0.15, -0.1) is 0 Å². The van der Waals surface area contributed by atoms with Gasteiger partial charge in [0.25, 0.3) is 5.91 Å². The molecule has 2 heterocycles. The van der Waals surface area contributed by atoms with Gasteiger partial charge in [-0.25, -0.2) is 0 Å². The Morgan fingerprint density at radius 1 is 0.828 bits per heavy atom. The van der Waals surface area contributed by atoms with Gasteiger partial charge in [-0.2, -0.15) is 0 Å². The Labute approximate surface area is 173 Å². The monoisotopic (exact) mass is 390 g/mol. The first kappa shape index (κ1) is 19.7. The fourth-order valence-corrected chi connectivity index (χ4v) is 4.66. The molecule has 4 rings (SSSR count). The van der Waals surface area contributed by atoms with Crippen molar-refractivity contribution in [1.29, 1.82) is 0 Å². The third kappa shape index (κ3) is 4.52. The zero-order valence-corrected chi connectivity index (χ0v) is 17.2. The molecule has 0 aliphatic carbocycles. The van der Waals surface area contributed by atoms with Crippen LogP contribution >= 0.6 is 0 Å². The number of carbonyl (C=O) groups is 2. The molecule has 152 valence electrons. The third-order valence-corrected chi connectivity index (χ3v) is 6.43. The van der Waals surface area contributed by atoms with Gasteiger partial charge in [0.15, 0.2) is 0 Å². The second-order valence-corrected chi connectivity index (χ2v) is 8.47. The summed E-state index contributed by atoms with van der Waals surface area (Å²) in [5, 5.41) is 0. The van der Waals surface area contributed by atoms with Crippen LogP contribution in [0.3, 0.4) is 0 Å². The molecule has 2 amide bonds. The van der Waals surface area contributed by atoms with Crippen LogP contribution < -0.4 is 0 Å². The molecular weight excluding hydrogens is 360 g/mol. The van der Waals surface area contributed by atoms with E-state index in [-0.39, 0.29) is 17.7 Å². The van der Waals surface area contributed by atoms with Gasteiger partial charge in [-0.1, -0.05) is 48.0 Å². The molecule has 4 nitrogen and oxygen atoms in total. The molecule has 1 atom stereocenters. The quantitative estimate of drug-likeness (QED) is 0.786. The SMILES string of the molecule is Cc1ccc(C(=O)N2CCCC(C(=O)N3CCC(c4ccccc4)CC3)C2)cc1. The number of likely N-dealkylation sites (tertiary alicyclic amines) is 2. The van der Waals surface area contributed by atoms with Crippen LogP contribution in [0.1, 0.15) is 53.1 Å². The normalized spacial score (nSPS) is 20.5. The fraction of sp³-hybridized carbons (Fsp3) is 0.440. The van der Waals surface area contributed by atoms with Gasteiger partial charge in [0, 0.05) is 31.7 Å². The first-order chi connectivity index (χ1) is 14.1. The minimum absolute atomic E-state index is 0.0466. The van der Waals surface area contributed by atoms with E-state index in [1.54, 1.807) is 0 Å². The molecule has 0 spiro atoms. The largest absolute Gasteiger partial charge is 0.342 e. The molecule has 2 aliphatic rings. The lowest BCUT2D eigenvalue weighted by Gasteiger charge is -2.38. The molecule has 2 aromatic carbocycles. The summed E-state index contributed by atoms with van der Waals surface area (Å²) in [5.41, 5.74) is 3.24. The smallest absolute Gasteiger partial charge is 0.253 e. The van der Waals surface area contributed by atoms with Crippen molar-refractivity contribution < 1.29 is 9.59 Å². The van der Waals surface area contributed by atoms with E-state index in [1.807, 2.05) is 41.0 Å². The summed E-state index contributed by atoms with van der Waals surface area (Å²) in [6.07, 6.45) is 3.83. The highest BCUT2D eigenvalue weighted by Crippen LogP contribution is 2.29. The van der Waals surface area contributed by atoms with Crippen molar-refractivity contribution in [2.24, 2.45) is 5.92 Å². The lowest BCUT2D eigenvalue weighted by atomic mass is 9.88. The Hall–Kier alpha value is -2.62. The minimum Gasteiger partial charge on any atom is -0.342 e. The maximum Gasteiger partial charge on any atom is 0.253 e. The molecule has 0 radical (unpaired) electrons. The van der Waals surface area contributed by atoms with Gasteiger partial charge in [-0.05, 0) is 56.2 Å². The highest BCUT2D eigenvalue weighted by atomic mass is 16.2. The van der Waals surface area contributed by atoms with Gasteiger partial charge in [0.05, 0.1) is 5.92 Å². The van der Waals surface area contributed by atoms with E-state index < -0.39 is 0 Å². The van der Waals surface area contributed by atoms with E-state index in [4.69, 9.17) is 0 Å². The lowest BCUT2D eigenvalue weighted by molar-refractivity contribution is -0.138. The molecule has 1 unspecified atom stereocenters. The molecule has 29 heavy (non-hydrogen) atoms. The summed E-state index contributed by atoms with van der Waals surface area (Å²) in [4.78, 5) is 29.9. The van der Waals surface area contributed by atoms with Crippen LogP contribution in [-0.2, 0) is 4.79 Å². The zero-order chi connectivity index (χ0) is 20.2. The van der Waals surface area contributed by atoms with Crippen LogP contribution in [0, 0.1) is 12.8 Å². The number of rotatable bonds is 3. The van der Waals surface area contributed by atoms with E-state index in [0.29, 0.717) is 18.0 Å². The van der Waals surface area contributed by atoms with Crippen molar-refractivity contribution in [2.45, 2.75) is 38.5 Å². The summed E-state index contributed by atoms with van der Waals surface area (Å²) >= 11 is 0. The van der Waals surface area contributed by atoms with E-state index in [1.165, 1.54) is 5.56 Å². The van der Waals surface area contributed by atoms with Crippen molar-refractivity contribution in [2.75, 3.05) is 26.2 Å². The highest BCUT2D eigenvalue weighted by molar-refractivity contribution is 5.94. The number of amides is 2. The molecule has 4 heteroatoms. The Morgan fingerprint density at radius 3 is 2.21 bits per heavy atom. The Morgan fingerprint density at radius 2 is 1.52 bits per heavy atom. The topological polar surface area (TPSA) is 40.6 Å². The molecule has 2 saturated heterocycles. The lowest BCUT2D eigenvalue weighted by Crippen LogP contribution is -2.48. The van der Waals surface area contributed by atoms with Crippen molar-refractivity contribution in [3.8, 4) is 0 Å². The summed E-state index contributed by atoms with van der Waals surface area (Å²) in [6.45, 7) is 4.95. The number of piperidine rings is 2. The fourth-order valence-electron chi connectivity index (χ4n) is 4.66. The van der Waals surface area contributed by atoms with Gasteiger partial charge < -0.3 is 9.80 Å². The summed E-state index contributed by atoms with van der Waals surface area (Å²) in [7, 11) is 0. The predicted octanol–water partition coefficient (Wildman–Crippen LogP) is 4.25. The average Bonchev–Trinajstić information content (AvgIpc) is 2.79. The highest BCUT2D eigenvalue weighted by Gasteiger charge is 2.33. The molecule has 2 fully saturated rings. The summed E-state index contributed by atoms with van der Waals surface area (Å²) in [6, 6.07) is 18.3. The Kier molecular flexibility index (Phi) is 5.98. The van der Waals surface area contributed by atoms with E-state index >= 15 is 0 Å². The van der Waals surface area contributed by atoms with Gasteiger partial charge in [0.1, 0.15) is 0 Å². The zero-order valence-electron chi connectivity index (χ0n) is 17.2. The minimum atomic E-state index is -0.0635. The van der Waals surface area contributed by atoms with Crippen molar-refractivity contribution in [3.63, 3.8) is 0 Å². The molecule has 0 N–H and O–H groups in total. The number of hydrogen-bond acceptors (Lipinski definition) is 2. The maximum atomic E-state index is 13.1. The molecular formula is C25H30N2O2. The average molecular weight is 391 g/mol. The Bertz CT molecular complexity index is 839. The summed E-state index contributed by atoms with van der Waals surface area (Å²) < 4.78 is 0. The van der Waals surface area contributed by atoms with Crippen LogP contribution in [0.5, 0.6) is 0 Å². The van der Waals surface area contributed by atoms with Crippen molar-refractivity contribution in [3.05, 3.63) is 71.3 Å². The van der Waals surface area contributed by atoms with Gasteiger partial charge in [0.2, 0.25) is 5.91 Å². The Balaban J connectivity index is 1.34. The van der Waals surface area contributed by atoms with Crippen LogP contribution in [0.4, 0.5) is 0 Å². The van der Waals surface area contributed by atoms with Gasteiger partial charge in [-0.3, -0.25) is 9.59 Å². The first-order valence-corrected chi connectivity index (χ1v) is 10.8. The van der Waals surface area contributed by atoms with Crippen LogP contribution in [0.15, 0.2) is 54.6 Å². The molecule has 2 aliphatic heterocycles. The van der Waals surface area contributed by atoms with Crippen LogP contribution in [0.25, 0.3) is 0 Å². The molecule has 2 aromatic rings. The van der Waals surface area contributed by atoms with Crippen molar-refractivity contribution in [1.82, 2.24) is 9.80 Å². The molecule has 0 aromatic heterocycles. The number of benzene rings is 2. The van der Waals surface area contributed by atoms with E-state index in [2.05, 4.69) is 30.3 Å². The van der Waals surface area contributed by atoms with E-state index in [0.717, 1.165) is 50.9 Å². The molecule has 0 bridgehead atoms.